The summed E-state index contributed by atoms with van der Waals surface area (Å²) in [6.45, 7) is 11.1. The van der Waals surface area contributed by atoms with Gasteiger partial charge >= 0.3 is 0 Å². The lowest BCUT2D eigenvalue weighted by molar-refractivity contribution is -0.147. The smallest absolute Gasteiger partial charge is 0.271 e. The molecule has 7 aliphatic heterocycles. The first kappa shape index (κ1) is 39.9. The van der Waals surface area contributed by atoms with Gasteiger partial charge in [0, 0.05) is 81.3 Å². The number of nitrogens with two attached hydrogens (primary N) is 1. The van der Waals surface area contributed by atoms with E-state index in [9.17, 15) is 24.3 Å². The quantitative estimate of drug-likeness (QED) is 0.215. The summed E-state index contributed by atoms with van der Waals surface area (Å²) in [5, 5.41) is 16.9. The molecule has 17 heteroatoms. The number of nitrogens with one attached hydrogen (secondary N) is 2. The van der Waals surface area contributed by atoms with Crippen LogP contribution in [0.15, 0.2) is 48.7 Å². The van der Waals surface area contributed by atoms with E-state index in [0.717, 1.165) is 88.4 Å². The molecule has 2 aromatic carbocycles. The fourth-order valence-corrected chi connectivity index (χ4v) is 10.5. The van der Waals surface area contributed by atoms with Gasteiger partial charge in [0.1, 0.15) is 11.9 Å². The first-order valence-corrected chi connectivity index (χ1v) is 21.8. The number of benzene rings is 2. The van der Waals surface area contributed by atoms with Crippen molar-refractivity contribution in [3.05, 3.63) is 71.0 Å². The van der Waals surface area contributed by atoms with Crippen molar-refractivity contribution in [1.82, 2.24) is 34.9 Å². The summed E-state index contributed by atoms with van der Waals surface area (Å²) in [6.07, 6.45) is 5.61. The third-order valence-corrected chi connectivity index (χ3v) is 14.5. The van der Waals surface area contributed by atoms with Crippen LogP contribution >= 0.6 is 0 Å². The summed E-state index contributed by atoms with van der Waals surface area (Å²) >= 11 is 0. The van der Waals surface area contributed by atoms with Crippen LogP contribution in [0.25, 0.3) is 0 Å². The van der Waals surface area contributed by atoms with Crippen molar-refractivity contribution in [2.75, 3.05) is 80.7 Å². The highest BCUT2D eigenvalue weighted by Gasteiger charge is 2.43. The molecule has 8 heterocycles. The van der Waals surface area contributed by atoms with Crippen LogP contribution in [0.5, 0.6) is 0 Å². The number of likely N-dealkylation sites (tertiary alicyclic amines) is 1. The van der Waals surface area contributed by atoms with Crippen molar-refractivity contribution < 1.29 is 29.0 Å². The van der Waals surface area contributed by atoms with Crippen molar-refractivity contribution in [3.8, 4) is 0 Å². The molecule has 5 N–H and O–H groups in total. The Labute approximate surface area is 355 Å². The number of ether oxygens (including phenoxy) is 1. The van der Waals surface area contributed by atoms with E-state index in [1.165, 1.54) is 5.56 Å². The summed E-state index contributed by atoms with van der Waals surface area (Å²) in [6, 6.07) is 14.7. The fraction of sp³-hybridized carbons (Fsp3) is 0.545. The average molecular weight is 834 g/mol. The Bertz CT molecular complexity index is 2210. The number of hydrogen-bond acceptors (Lipinski definition) is 14. The number of fused-ring (bicyclic) bond motifs is 1. The topological polar surface area (TPSA) is 193 Å². The van der Waals surface area contributed by atoms with Crippen LogP contribution in [0.4, 0.5) is 23.0 Å². The summed E-state index contributed by atoms with van der Waals surface area (Å²) in [7, 11) is 0. The molecule has 7 aliphatic rings. The molecule has 3 unspecified atom stereocenters. The number of imide groups is 1. The number of aliphatic hydroxyl groups is 1. The molecule has 10 rings (SSSR count). The highest BCUT2D eigenvalue weighted by molar-refractivity contribution is 6.05. The lowest BCUT2D eigenvalue weighted by Crippen LogP contribution is -2.61. The van der Waals surface area contributed by atoms with Gasteiger partial charge in [-0.15, -0.1) is 0 Å². The predicted molar refractivity (Wildman–Crippen MR) is 226 cm³/mol. The molecule has 4 amide bonds. The molecular formula is C44H55N11O6. The molecular weight excluding hydrogens is 779 g/mol. The lowest BCUT2D eigenvalue weighted by atomic mass is 9.74. The molecule has 6 fully saturated rings. The zero-order valence-electron chi connectivity index (χ0n) is 34.7. The van der Waals surface area contributed by atoms with Gasteiger partial charge in [0.25, 0.3) is 11.8 Å². The number of piperidine rings is 3. The third kappa shape index (κ3) is 7.49. The lowest BCUT2D eigenvalue weighted by Gasteiger charge is -2.50. The number of nitrogens with zero attached hydrogens (tertiary/aromatic N) is 8. The maximum absolute atomic E-state index is 13.2. The predicted octanol–water partition coefficient (Wildman–Crippen LogP) is 1.58. The van der Waals surface area contributed by atoms with Gasteiger partial charge in [0.15, 0.2) is 17.9 Å². The van der Waals surface area contributed by atoms with Crippen molar-refractivity contribution in [3.63, 3.8) is 0 Å². The average Bonchev–Trinajstić information content (AvgIpc) is 3.75. The van der Waals surface area contributed by atoms with Gasteiger partial charge in [0.05, 0.1) is 25.5 Å². The monoisotopic (exact) mass is 833 g/mol. The molecule has 17 nitrogen and oxygen atoms in total. The van der Waals surface area contributed by atoms with Crippen LogP contribution in [0, 0.1) is 0 Å². The summed E-state index contributed by atoms with van der Waals surface area (Å²) in [5.74, 6) is -0.472. The minimum atomic E-state index is -0.647. The zero-order valence-corrected chi connectivity index (χ0v) is 34.7. The number of carbonyl (C=O) groups excluding carboxylic acids is 4. The van der Waals surface area contributed by atoms with E-state index in [0.29, 0.717) is 56.0 Å². The van der Waals surface area contributed by atoms with Crippen LogP contribution in [0.3, 0.4) is 0 Å². The van der Waals surface area contributed by atoms with Crippen LogP contribution in [-0.4, -0.2) is 154 Å². The number of primary amides is 1. The van der Waals surface area contributed by atoms with E-state index < -0.39 is 24.2 Å². The second kappa shape index (κ2) is 15.9. The summed E-state index contributed by atoms with van der Waals surface area (Å²) in [5.41, 5.74) is 10.6. The van der Waals surface area contributed by atoms with Crippen LogP contribution in [-0.2, 0) is 26.3 Å². The zero-order chi connectivity index (χ0) is 42.0. The number of aliphatic hydroxyl groups excluding tert-OH is 1. The van der Waals surface area contributed by atoms with E-state index in [4.69, 9.17) is 15.5 Å². The van der Waals surface area contributed by atoms with Gasteiger partial charge < -0.3 is 35.6 Å². The molecule has 1 aromatic heterocycles. The minimum Gasteiger partial charge on any atom is -0.378 e. The van der Waals surface area contributed by atoms with Crippen molar-refractivity contribution in [2.45, 2.75) is 87.9 Å². The van der Waals surface area contributed by atoms with Crippen molar-refractivity contribution in [2.24, 2.45) is 5.73 Å². The van der Waals surface area contributed by atoms with Gasteiger partial charge in [0.2, 0.25) is 11.8 Å². The Hall–Kier alpha value is -5.20. The second-order valence-corrected chi connectivity index (χ2v) is 18.1. The first-order chi connectivity index (χ1) is 29.5. The maximum atomic E-state index is 13.2. The SMILES string of the molecule is CC1(c2ccc(Nc3nc(N4CCCC(N5CCN(C6COC6)C5O)C4)cnc3C(N)=O)cc2)CCN(C2CN(c3ccc4c(c3)CN(C3CCC(=O)NC3=O)C4=O)C2)CC1. The number of aromatic nitrogens is 2. The maximum Gasteiger partial charge on any atom is 0.271 e. The van der Waals surface area contributed by atoms with Crippen LogP contribution < -0.4 is 26.2 Å². The second-order valence-electron chi connectivity index (χ2n) is 18.1. The van der Waals surface area contributed by atoms with E-state index in [2.05, 4.69) is 65.2 Å². The number of hydrogen-bond donors (Lipinski definition) is 4. The Morgan fingerprint density at radius 3 is 2.36 bits per heavy atom. The minimum absolute atomic E-state index is 0.0217. The third-order valence-electron chi connectivity index (χ3n) is 14.5. The van der Waals surface area contributed by atoms with E-state index in [1.807, 2.05) is 24.3 Å². The van der Waals surface area contributed by atoms with Crippen molar-refractivity contribution >= 4 is 46.6 Å². The Kier molecular flexibility index (Phi) is 10.4. The van der Waals surface area contributed by atoms with Crippen LogP contribution in [0.1, 0.15) is 77.4 Å². The number of amides is 4. The molecule has 0 saturated carbocycles. The largest absolute Gasteiger partial charge is 0.378 e. The van der Waals surface area contributed by atoms with Gasteiger partial charge in [-0.1, -0.05) is 19.1 Å². The number of carbonyl (C=O) groups is 4. The number of rotatable bonds is 10. The highest BCUT2D eigenvalue weighted by atomic mass is 16.5. The van der Waals surface area contributed by atoms with Crippen molar-refractivity contribution in [1.29, 1.82) is 0 Å². The van der Waals surface area contributed by atoms with E-state index in [-0.39, 0.29) is 41.4 Å². The molecule has 3 atom stereocenters. The van der Waals surface area contributed by atoms with Crippen LogP contribution in [0.2, 0.25) is 0 Å². The molecule has 6 saturated heterocycles. The molecule has 0 bridgehead atoms. The standard InChI is InChI=1S/C44H55N11O6/c1-44(12-15-50(16-13-44)32-23-52(24-32)30-8-9-34-27(19-30)21-55(42(34)59)35-10-11-37(56)49-41(35)58)28-4-6-29(7-5-28)47-40-38(39(45)57)46-20-36(48-40)51-14-2-3-31(22-51)53-17-18-54(43(53)60)33-25-61-26-33/h4-9,19-20,31-33,35,43,60H,2-3,10-18,21-26H2,1H3,(H2,45,57)(H,47,48)(H,49,56,58). The van der Waals surface area contributed by atoms with Gasteiger partial charge in [-0.2, -0.15) is 0 Å². The molecule has 0 aliphatic carbocycles. The van der Waals surface area contributed by atoms with E-state index >= 15 is 0 Å². The fourth-order valence-electron chi connectivity index (χ4n) is 10.5. The molecule has 0 spiro atoms. The summed E-state index contributed by atoms with van der Waals surface area (Å²) in [4.78, 5) is 72.2. The van der Waals surface area contributed by atoms with Gasteiger partial charge in [-0.25, -0.2) is 9.97 Å². The normalized spacial score (nSPS) is 26.6. The highest BCUT2D eigenvalue weighted by Crippen LogP contribution is 2.39. The Balaban J connectivity index is 0.732. The number of anilines is 4. The Morgan fingerprint density at radius 1 is 0.918 bits per heavy atom. The van der Waals surface area contributed by atoms with Gasteiger partial charge in [-0.3, -0.25) is 39.2 Å². The first-order valence-electron chi connectivity index (χ1n) is 21.8. The van der Waals surface area contributed by atoms with Gasteiger partial charge in [-0.05, 0) is 92.1 Å². The molecule has 61 heavy (non-hydrogen) atoms. The molecule has 3 aromatic rings. The summed E-state index contributed by atoms with van der Waals surface area (Å²) < 4.78 is 5.37. The van der Waals surface area contributed by atoms with E-state index in [1.54, 1.807) is 11.1 Å². The molecule has 322 valence electrons. The molecule has 0 radical (unpaired) electrons. The Morgan fingerprint density at radius 2 is 1.66 bits per heavy atom.